The number of carbonyl (C=O) groups excluding carboxylic acids is 1. The summed E-state index contributed by atoms with van der Waals surface area (Å²) in [6.45, 7) is 4.84. The number of rotatable bonds is 7. The van der Waals surface area contributed by atoms with Crippen molar-refractivity contribution < 1.29 is 14.3 Å². The molecule has 112 valence electrons. The third-order valence-corrected chi connectivity index (χ3v) is 3.95. The van der Waals surface area contributed by atoms with E-state index in [2.05, 4.69) is 0 Å². The van der Waals surface area contributed by atoms with Crippen LogP contribution >= 0.6 is 8.58 Å². The number of benzene rings is 2. The Labute approximate surface area is 145 Å². The molecule has 2 aromatic carbocycles. The standard InChI is InChI=1S/C17H19O3P.Li.H/c1-3-19-14-11-8-12-15(20-4-2)16(14)17(18)21-13-9-6-5-7-10-13;;/h5-12,21H,3-4H2,1-2H3;;. The Kier molecular flexibility index (Phi) is 8.28. The number of carbonyl (C=O) groups is 1. The Morgan fingerprint density at radius 2 is 1.45 bits per heavy atom. The summed E-state index contributed by atoms with van der Waals surface area (Å²) >= 11 is 0. The average molecular weight is 310 g/mol. The van der Waals surface area contributed by atoms with Crippen LogP contribution in [0.15, 0.2) is 48.5 Å². The number of ether oxygens (including phenoxy) is 2. The molecule has 0 bridgehead atoms. The summed E-state index contributed by atoms with van der Waals surface area (Å²) in [7, 11) is 0.0585. The van der Waals surface area contributed by atoms with Crippen LogP contribution in [0.2, 0.25) is 0 Å². The van der Waals surface area contributed by atoms with Crippen molar-refractivity contribution in [2.45, 2.75) is 13.8 Å². The van der Waals surface area contributed by atoms with Crippen molar-refractivity contribution in [2.75, 3.05) is 13.2 Å². The minimum atomic E-state index is 0. The van der Waals surface area contributed by atoms with E-state index in [1.165, 1.54) is 0 Å². The molecule has 0 saturated heterocycles. The van der Waals surface area contributed by atoms with E-state index in [-0.39, 0.29) is 33.0 Å². The zero-order valence-electron chi connectivity index (χ0n) is 12.3. The van der Waals surface area contributed by atoms with Gasteiger partial charge in [-0.1, -0.05) is 36.4 Å². The van der Waals surface area contributed by atoms with E-state index in [1.54, 1.807) is 0 Å². The zero-order valence-corrected chi connectivity index (χ0v) is 13.3. The summed E-state index contributed by atoms with van der Waals surface area (Å²) in [6.07, 6.45) is 0. The van der Waals surface area contributed by atoms with Crippen molar-refractivity contribution in [3.63, 3.8) is 0 Å². The summed E-state index contributed by atoms with van der Waals surface area (Å²) in [5, 5.41) is 1.01. The molecule has 5 heteroatoms. The van der Waals surface area contributed by atoms with Gasteiger partial charge >= 0.3 is 18.9 Å². The van der Waals surface area contributed by atoms with E-state index >= 15 is 0 Å². The van der Waals surface area contributed by atoms with Crippen LogP contribution in [0.4, 0.5) is 0 Å². The van der Waals surface area contributed by atoms with Gasteiger partial charge in [-0.3, -0.25) is 4.79 Å². The van der Waals surface area contributed by atoms with Crippen molar-refractivity contribution in [3.8, 4) is 11.5 Å². The fourth-order valence-corrected chi connectivity index (χ4v) is 2.99. The van der Waals surface area contributed by atoms with Crippen LogP contribution in [0.5, 0.6) is 11.5 Å². The summed E-state index contributed by atoms with van der Waals surface area (Å²) in [5.74, 6) is 1.19. The molecule has 2 rings (SSSR count). The van der Waals surface area contributed by atoms with Gasteiger partial charge in [0.15, 0.2) is 5.52 Å². The summed E-state index contributed by atoms with van der Waals surface area (Å²) < 4.78 is 11.2. The number of hydrogen-bond acceptors (Lipinski definition) is 3. The third kappa shape index (κ3) is 4.89. The summed E-state index contributed by atoms with van der Waals surface area (Å²) in [6, 6.07) is 15.2. The third-order valence-electron chi connectivity index (χ3n) is 2.85. The molecule has 0 aromatic heterocycles. The first kappa shape index (κ1) is 18.8. The van der Waals surface area contributed by atoms with Crippen LogP contribution in [-0.4, -0.2) is 37.6 Å². The van der Waals surface area contributed by atoms with E-state index in [1.807, 2.05) is 62.4 Å². The van der Waals surface area contributed by atoms with Crippen molar-refractivity contribution >= 4 is 38.3 Å². The van der Waals surface area contributed by atoms with Gasteiger partial charge in [0.25, 0.3) is 0 Å². The van der Waals surface area contributed by atoms with Gasteiger partial charge in [0.2, 0.25) is 0 Å². The molecule has 0 heterocycles. The Morgan fingerprint density at radius 1 is 0.909 bits per heavy atom. The van der Waals surface area contributed by atoms with E-state index in [4.69, 9.17) is 9.47 Å². The molecule has 0 aliphatic carbocycles. The molecule has 0 saturated carbocycles. The van der Waals surface area contributed by atoms with Gasteiger partial charge in [-0.25, -0.2) is 0 Å². The van der Waals surface area contributed by atoms with E-state index < -0.39 is 0 Å². The predicted molar refractivity (Wildman–Crippen MR) is 94.7 cm³/mol. The molecule has 2 aromatic rings. The molecular formula is C17H20LiO3P. The topological polar surface area (TPSA) is 35.5 Å². The van der Waals surface area contributed by atoms with Crippen molar-refractivity contribution in [1.82, 2.24) is 0 Å². The maximum absolute atomic E-state index is 12.7. The second kappa shape index (κ2) is 9.69. The van der Waals surface area contributed by atoms with Crippen LogP contribution in [0.3, 0.4) is 0 Å². The number of hydrogen-bond donors (Lipinski definition) is 0. The van der Waals surface area contributed by atoms with Crippen molar-refractivity contribution in [3.05, 3.63) is 54.1 Å². The predicted octanol–water partition coefficient (Wildman–Crippen LogP) is 2.98. The van der Waals surface area contributed by atoms with Crippen LogP contribution in [-0.2, 0) is 0 Å². The van der Waals surface area contributed by atoms with Gasteiger partial charge in [-0.05, 0) is 39.9 Å². The van der Waals surface area contributed by atoms with Gasteiger partial charge < -0.3 is 9.47 Å². The van der Waals surface area contributed by atoms with Gasteiger partial charge in [0.1, 0.15) is 17.1 Å². The Bertz CT molecular complexity index is 578. The first-order valence-electron chi connectivity index (χ1n) is 7.01. The monoisotopic (exact) mass is 310 g/mol. The SMILES string of the molecule is CCOc1cccc(OCC)c1C(=O)Pc1ccccc1.[LiH]. The van der Waals surface area contributed by atoms with E-state index in [0.717, 1.165) is 5.30 Å². The van der Waals surface area contributed by atoms with Crippen molar-refractivity contribution in [2.24, 2.45) is 0 Å². The minimum absolute atomic E-state index is 0. The molecule has 0 N–H and O–H groups in total. The Morgan fingerprint density at radius 3 is 1.95 bits per heavy atom. The quantitative estimate of drug-likeness (QED) is 0.582. The summed E-state index contributed by atoms with van der Waals surface area (Å²) in [4.78, 5) is 12.7. The molecule has 0 aliphatic heterocycles. The van der Waals surface area contributed by atoms with Gasteiger partial charge in [0, 0.05) is 0 Å². The molecule has 22 heavy (non-hydrogen) atoms. The molecule has 1 atom stereocenters. The van der Waals surface area contributed by atoms with Crippen molar-refractivity contribution in [1.29, 1.82) is 0 Å². The van der Waals surface area contributed by atoms with Gasteiger partial charge in [0.05, 0.1) is 13.2 Å². The normalized spacial score (nSPS) is 10.3. The molecule has 3 nitrogen and oxygen atoms in total. The van der Waals surface area contributed by atoms with E-state index in [9.17, 15) is 4.79 Å². The molecule has 0 radical (unpaired) electrons. The summed E-state index contributed by atoms with van der Waals surface area (Å²) in [5.41, 5.74) is 0.581. The fraction of sp³-hybridized carbons (Fsp3) is 0.235. The first-order valence-corrected chi connectivity index (χ1v) is 8.01. The average Bonchev–Trinajstić information content (AvgIpc) is 2.49. The Balaban J connectivity index is 0.00000242. The molecule has 0 spiro atoms. The van der Waals surface area contributed by atoms with Gasteiger partial charge in [-0.2, -0.15) is 0 Å². The second-order valence-electron chi connectivity index (χ2n) is 4.32. The van der Waals surface area contributed by atoms with Crippen LogP contribution in [0.25, 0.3) is 0 Å². The maximum atomic E-state index is 12.7. The second-order valence-corrected chi connectivity index (χ2v) is 5.60. The molecule has 0 aliphatic rings. The first-order chi connectivity index (χ1) is 10.3. The molecule has 1 unspecified atom stereocenters. The van der Waals surface area contributed by atoms with Crippen LogP contribution < -0.4 is 14.8 Å². The van der Waals surface area contributed by atoms with E-state index in [0.29, 0.717) is 30.3 Å². The molecule has 0 amide bonds. The molecule has 0 fully saturated rings. The zero-order chi connectivity index (χ0) is 15.1. The Hall–Kier alpha value is -1.26. The van der Waals surface area contributed by atoms with Crippen LogP contribution in [0.1, 0.15) is 24.2 Å². The van der Waals surface area contributed by atoms with Crippen LogP contribution in [0, 0.1) is 0 Å². The van der Waals surface area contributed by atoms with Gasteiger partial charge in [-0.15, -0.1) is 0 Å². The molecular weight excluding hydrogens is 290 g/mol. The fourth-order valence-electron chi connectivity index (χ4n) is 2.00.